The Kier molecular flexibility index (Phi) is 3.43. The Bertz CT molecular complexity index is 647. The molecule has 4 rings (SSSR count). The standard InChI is InChI=1S/C16H21NO5S/c1-9-2-6-12(7-3-9)23(20,21)22-17-15(18)13-10-4-5-11(8-10)14(13)16(17)19/h4-5,9-14H,2-3,6-8H2,1H3. The normalized spacial score (nSPS) is 42.6. The van der Waals surface area contributed by atoms with Gasteiger partial charge in [-0.1, -0.05) is 19.1 Å². The zero-order valence-electron chi connectivity index (χ0n) is 13.1. The summed E-state index contributed by atoms with van der Waals surface area (Å²) in [6, 6.07) is 0. The number of allylic oxidation sites excluding steroid dienone is 2. The molecule has 0 spiro atoms. The van der Waals surface area contributed by atoms with Crippen molar-refractivity contribution in [2.45, 2.75) is 44.3 Å². The largest absolute Gasteiger partial charge is 0.291 e. The summed E-state index contributed by atoms with van der Waals surface area (Å²) in [4.78, 5) is 25.0. The van der Waals surface area contributed by atoms with E-state index < -0.39 is 39.0 Å². The van der Waals surface area contributed by atoms with Crippen LogP contribution in [0.4, 0.5) is 0 Å². The molecule has 2 amide bonds. The van der Waals surface area contributed by atoms with E-state index in [1.54, 1.807) is 0 Å². The first-order valence-corrected chi connectivity index (χ1v) is 9.85. The molecule has 0 aromatic carbocycles. The molecular formula is C16H21NO5S. The van der Waals surface area contributed by atoms with Gasteiger partial charge in [0.15, 0.2) is 0 Å². The lowest BCUT2D eigenvalue weighted by molar-refractivity contribution is -0.166. The van der Waals surface area contributed by atoms with E-state index in [-0.39, 0.29) is 11.8 Å². The van der Waals surface area contributed by atoms with Gasteiger partial charge in [-0.2, -0.15) is 8.42 Å². The second kappa shape index (κ2) is 5.14. The molecule has 0 aromatic heterocycles. The number of carbonyl (C=O) groups is 2. The van der Waals surface area contributed by atoms with Crippen LogP contribution in [0.25, 0.3) is 0 Å². The van der Waals surface area contributed by atoms with Crippen molar-refractivity contribution in [2.75, 3.05) is 0 Å². The second-order valence-electron chi connectivity index (χ2n) is 7.42. The van der Waals surface area contributed by atoms with Crippen molar-refractivity contribution in [1.29, 1.82) is 0 Å². The number of nitrogens with zero attached hydrogens (tertiary/aromatic N) is 1. The number of hydrogen-bond acceptors (Lipinski definition) is 5. The predicted octanol–water partition coefficient (Wildman–Crippen LogP) is 1.63. The molecule has 4 aliphatic rings. The van der Waals surface area contributed by atoms with Gasteiger partial charge in [0.1, 0.15) is 0 Å². The first kappa shape index (κ1) is 15.3. The van der Waals surface area contributed by atoms with Gasteiger partial charge < -0.3 is 0 Å². The minimum Gasteiger partial charge on any atom is -0.272 e. The molecule has 1 aliphatic heterocycles. The molecule has 3 aliphatic carbocycles. The summed E-state index contributed by atoms with van der Waals surface area (Å²) in [7, 11) is -3.94. The van der Waals surface area contributed by atoms with Gasteiger partial charge in [-0.3, -0.25) is 9.59 Å². The Balaban J connectivity index is 1.51. The molecule has 6 nitrogen and oxygen atoms in total. The Morgan fingerprint density at radius 2 is 1.52 bits per heavy atom. The van der Waals surface area contributed by atoms with Crippen LogP contribution in [0.3, 0.4) is 0 Å². The number of rotatable bonds is 3. The molecule has 2 bridgehead atoms. The highest BCUT2D eigenvalue weighted by molar-refractivity contribution is 7.87. The monoisotopic (exact) mass is 339 g/mol. The second-order valence-corrected chi connectivity index (χ2v) is 9.22. The van der Waals surface area contributed by atoms with Crippen LogP contribution >= 0.6 is 0 Å². The maximum absolute atomic E-state index is 12.5. The molecule has 2 saturated carbocycles. The third-order valence-corrected chi connectivity index (χ3v) is 7.62. The van der Waals surface area contributed by atoms with Crippen LogP contribution in [0.2, 0.25) is 0 Å². The Morgan fingerprint density at radius 1 is 1.00 bits per heavy atom. The minimum atomic E-state index is -3.94. The quantitative estimate of drug-likeness (QED) is 0.577. The van der Waals surface area contributed by atoms with Gasteiger partial charge in [0.2, 0.25) is 0 Å². The molecule has 126 valence electrons. The lowest BCUT2D eigenvalue weighted by Crippen LogP contribution is -2.39. The summed E-state index contributed by atoms with van der Waals surface area (Å²) in [6.07, 6.45) is 7.46. The third kappa shape index (κ3) is 2.28. The highest BCUT2D eigenvalue weighted by atomic mass is 32.2. The molecule has 4 atom stereocenters. The van der Waals surface area contributed by atoms with E-state index in [9.17, 15) is 18.0 Å². The lowest BCUT2D eigenvalue weighted by Gasteiger charge is -2.26. The fraction of sp³-hybridized carbons (Fsp3) is 0.750. The minimum absolute atomic E-state index is 0.0493. The number of hydrogen-bond donors (Lipinski definition) is 0. The Hall–Kier alpha value is -1.21. The van der Waals surface area contributed by atoms with E-state index in [0.29, 0.717) is 23.8 Å². The van der Waals surface area contributed by atoms with Crippen LogP contribution in [-0.2, 0) is 24.0 Å². The predicted molar refractivity (Wildman–Crippen MR) is 81.0 cm³/mol. The van der Waals surface area contributed by atoms with Gasteiger partial charge >= 0.3 is 0 Å². The van der Waals surface area contributed by atoms with E-state index in [0.717, 1.165) is 19.3 Å². The van der Waals surface area contributed by atoms with Crippen LogP contribution in [0, 0.1) is 29.6 Å². The molecule has 1 saturated heterocycles. The summed E-state index contributed by atoms with van der Waals surface area (Å²) < 4.78 is 29.9. The number of hydroxylamine groups is 2. The fourth-order valence-corrected chi connectivity index (χ4v) is 5.96. The van der Waals surface area contributed by atoms with E-state index >= 15 is 0 Å². The smallest absolute Gasteiger partial charge is 0.272 e. The third-order valence-electron chi connectivity index (χ3n) is 5.98. The number of carbonyl (C=O) groups excluding carboxylic acids is 2. The van der Waals surface area contributed by atoms with Gasteiger partial charge in [0.25, 0.3) is 21.9 Å². The zero-order chi connectivity index (χ0) is 16.4. The maximum atomic E-state index is 12.5. The van der Waals surface area contributed by atoms with Crippen LogP contribution in [-0.4, -0.2) is 30.5 Å². The molecule has 0 radical (unpaired) electrons. The van der Waals surface area contributed by atoms with Gasteiger partial charge in [-0.15, -0.1) is 9.35 Å². The summed E-state index contributed by atoms with van der Waals surface area (Å²) in [5.74, 6) is -1.22. The SMILES string of the molecule is CC1CCC(S(=O)(=O)ON2C(=O)C3C4C=CC(C4)C3C2=O)CC1. The van der Waals surface area contributed by atoms with E-state index in [4.69, 9.17) is 4.28 Å². The van der Waals surface area contributed by atoms with Crippen molar-refractivity contribution in [2.24, 2.45) is 29.6 Å². The average Bonchev–Trinajstić information content (AvgIpc) is 3.17. The van der Waals surface area contributed by atoms with E-state index in [2.05, 4.69) is 6.92 Å². The fourth-order valence-electron chi connectivity index (χ4n) is 4.63. The molecule has 0 N–H and O–H groups in total. The van der Waals surface area contributed by atoms with Crippen molar-refractivity contribution < 1.29 is 22.3 Å². The summed E-state index contributed by atoms with van der Waals surface area (Å²) in [5, 5.41) is -0.0657. The molecule has 4 unspecified atom stereocenters. The van der Waals surface area contributed by atoms with Gasteiger partial charge in [-0.25, -0.2) is 0 Å². The first-order chi connectivity index (χ1) is 10.9. The summed E-state index contributed by atoms with van der Waals surface area (Å²) >= 11 is 0. The van der Waals surface area contributed by atoms with Crippen LogP contribution in [0.15, 0.2) is 12.2 Å². The van der Waals surface area contributed by atoms with Crippen LogP contribution in [0.5, 0.6) is 0 Å². The van der Waals surface area contributed by atoms with E-state index in [1.807, 2.05) is 12.2 Å². The summed E-state index contributed by atoms with van der Waals surface area (Å²) in [6.45, 7) is 2.10. The van der Waals surface area contributed by atoms with Crippen molar-refractivity contribution in [3.8, 4) is 0 Å². The van der Waals surface area contributed by atoms with Crippen molar-refractivity contribution in [3.05, 3.63) is 12.2 Å². The van der Waals surface area contributed by atoms with Gasteiger partial charge in [-0.05, 0) is 49.9 Å². The summed E-state index contributed by atoms with van der Waals surface area (Å²) in [5.41, 5.74) is 0. The maximum Gasteiger partial charge on any atom is 0.291 e. The number of amides is 2. The van der Waals surface area contributed by atoms with Gasteiger partial charge in [0.05, 0.1) is 17.1 Å². The topological polar surface area (TPSA) is 80.8 Å². The van der Waals surface area contributed by atoms with Crippen molar-refractivity contribution in [3.63, 3.8) is 0 Å². The number of fused-ring (bicyclic) bond motifs is 5. The van der Waals surface area contributed by atoms with Gasteiger partial charge in [0, 0.05) is 0 Å². The molecule has 0 aromatic rings. The lowest BCUT2D eigenvalue weighted by atomic mass is 9.85. The average molecular weight is 339 g/mol. The van der Waals surface area contributed by atoms with Crippen LogP contribution in [0.1, 0.15) is 39.0 Å². The molecule has 3 fully saturated rings. The molecule has 7 heteroatoms. The van der Waals surface area contributed by atoms with Crippen molar-refractivity contribution in [1.82, 2.24) is 5.06 Å². The number of imide groups is 1. The van der Waals surface area contributed by atoms with E-state index in [1.165, 1.54) is 0 Å². The first-order valence-electron chi connectivity index (χ1n) is 8.38. The highest BCUT2D eigenvalue weighted by Gasteiger charge is 2.61. The molecule has 23 heavy (non-hydrogen) atoms. The zero-order valence-corrected chi connectivity index (χ0v) is 13.9. The Morgan fingerprint density at radius 3 is 2.04 bits per heavy atom. The Labute approximate surface area is 135 Å². The van der Waals surface area contributed by atoms with Crippen molar-refractivity contribution >= 4 is 21.9 Å². The van der Waals surface area contributed by atoms with Crippen LogP contribution < -0.4 is 0 Å². The molecule has 1 heterocycles. The highest BCUT2D eigenvalue weighted by Crippen LogP contribution is 2.52. The molecular weight excluding hydrogens is 318 g/mol.